The fourth-order valence-electron chi connectivity index (χ4n) is 5.49. The molecule has 1 aliphatic heterocycles. The number of rotatable bonds is 5. The van der Waals surface area contributed by atoms with Gasteiger partial charge < -0.3 is 10.8 Å². The second-order valence-corrected chi connectivity index (χ2v) is 9.68. The van der Waals surface area contributed by atoms with Crippen molar-refractivity contribution in [3.8, 4) is 0 Å². The first-order valence-electron chi connectivity index (χ1n) is 10.8. The third-order valence-corrected chi connectivity index (χ3v) is 7.57. The minimum atomic E-state index is -1.14. The molecular weight excluding hydrogens is 438 g/mol. The van der Waals surface area contributed by atoms with E-state index in [1.54, 1.807) is 24.3 Å². The Labute approximate surface area is 191 Å². The molecule has 7 heteroatoms. The van der Waals surface area contributed by atoms with Crippen molar-refractivity contribution in [3.63, 3.8) is 0 Å². The molecular formula is C24H27Cl2FN2O2. The van der Waals surface area contributed by atoms with Crippen LogP contribution >= 0.6 is 23.2 Å². The van der Waals surface area contributed by atoms with Gasteiger partial charge >= 0.3 is 5.97 Å². The summed E-state index contributed by atoms with van der Waals surface area (Å²) in [6.07, 6.45) is 6.51. The summed E-state index contributed by atoms with van der Waals surface area (Å²) in [4.78, 5) is 12.3. The van der Waals surface area contributed by atoms with E-state index in [0.29, 0.717) is 10.9 Å². The average Bonchev–Trinajstić information content (AvgIpc) is 3.05. The lowest BCUT2D eigenvalue weighted by molar-refractivity contribution is -0.139. The molecule has 31 heavy (non-hydrogen) atoms. The molecule has 2 aliphatic rings. The topological polar surface area (TPSA) is 75.3 Å². The second-order valence-electron chi connectivity index (χ2n) is 8.84. The summed E-state index contributed by atoms with van der Waals surface area (Å²) in [5, 5.41) is 13.8. The highest BCUT2D eigenvalue weighted by Gasteiger charge is 2.57. The van der Waals surface area contributed by atoms with Crippen molar-refractivity contribution in [1.82, 2.24) is 5.32 Å². The van der Waals surface area contributed by atoms with Crippen LogP contribution in [0.3, 0.4) is 0 Å². The predicted octanol–water partition coefficient (Wildman–Crippen LogP) is 5.47. The van der Waals surface area contributed by atoms with Gasteiger partial charge in [-0.05, 0) is 41.7 Å². The van der Waals surface area contributed by atoms with Crippen molar-refractivity contribution < 1.29 is 14.3 Å². The zero-order chi connectivity index (χ0) is 22.2. The van der Waals surface area contributed by atoms with Gasteiger partial charge in [-0.15, -0.1) is 0 Å². The Morgan fingerprint density at radius 3 is 2.45 bits per heavy atom. The van der Waals surface area contributed by atoms with Crippen LogP contribution in [0.1, 0.15) is 55.6 Å². The molecule has 4 unspecified atom stereocenters. The highest BCUT2D eigenvalue weighted by atomic mass is 35.5. The molecule has 0 amide bonds. The van der Waals surface area contributed by atoms with Crippen LogP contribution in [0.15, 0.2) is 42.5 Å². The maximum Gasteiger partial charge on any atom is 0.321 e. The number of hydrogen-bond donors (Lipinski definition) is 3. The number of hydrogen-bond acceptors (Lipinski definition) is 3. The van der Waals surface area contributed by atoms with E-state index in [9.17, 15) is 9.90 Å². The summed E-state index contributed by atoms with van der Waals surface area (Å²) < 4.78 is 15.2. The number of nitrogens with one attached hydrogen (secondary N) is 1. The molecule has 0 aromatic heterocycles. The van der Waals surface area contributed by atoms with E-state index in [2.05, 4.69) is 5.32 Å². The van der Waals surface area contributed by atoms with Crippen LogP contribution in [-0.4, -0.2) is 23.2 Å². The molecule has 1 saturated heterocycles. The van der Waals surface area contributed by atoms with Gasteiger partial charge in [0.25, 0.3) is 0 Å². The first kappa shape index (κ1) is 22.5. The van der Waals surface area contributed by atoms with E-state index < -0.39 is 29.3 Å². The second kappa shape index (κ2) is 9.07. The largest absolute Gasteiger partial charge is 0.480 e. The summed E-state index contributed by atoms with van der Waals surface area (Å²) in [6, 6.07) is 10.4. The van der Waals surface area contributed by atoms with Crippen molar-refractivity contribution in [1.29, 1.82) is 0 Å². The Kier molecular flexibility index (Phi) is 6.59. The van der Waals surface area contributed by atoms with E-state index in [1.165, 1.54) is 25.3 Å². The van der Waals surface area contributed by atoms with Gasteiger partial charge in [0.2, 0.25) is 0 Å². The molecule has 166 valence electrons. The third kappa shape index (κ3) is 4.21. The van der Waals surface area contributed by atoms with Crippen LogP contribution in [0, 0.1) is 11.7 Å². The molecule has 0 spiro atoms. The zero-order valence-electron chi connectivity index (χ0n) is 17.2. The molecule has 2 fully saturated rings. The highest BCUT2D eigenvalue weighted by molar-refractivity contribution is 6.31. The number of carboxylic acid groups (broad SMARTS) is 1. The lowest BCUT2D eigenvalue weighted by Crippen LogP contribution is -2.51. The molecule has 4 atom stereocenters. The zero-order valence-corrected chi connectivity index (χ0v) is 18.7. The Bertz CT molecular complexity index is 949. The van der Waals surface area contributed by atoms with E-state index >= 15 is 4.39 Å². The van der Waals surface area contributed by atoms with Gasteiger partial charge in [-0.25, -0.2) is 4.39 Å². The minimum absolute atomic E-state index is 0.0455. The first-order valence-corrected chi connectivity index (χ1v) is 11.6. The monoisotopic (exact) mass is 464 g/mol. The maximum atomic E-state index is 15.2. The van der Waals surface area contributed by atoms with E-state index in [0.717, 1.165) is 24.8 Å². The normalized spacial score (nSPS) is 29.2. The Morgan fingerprint density at radius 1 is 1.13 bits per heavy atom. The smallest absolute Gasteiger partial charge is 0.321 e. The van der Waals surface area contributed by atoms with E-state index in [-0.39, 0.29) is 16.6 Å². The van der Waals surface area contributed by atoms with Gasteiger partial charge in [0, 0.05) is 17.0 Å². The predicted molar refractivity (Wildman–Crippen MR) is 121 cm³/mol. The number of carboxylic acids is 1. The highest BCUT2D eigenvalue weighted by Crippen LogP contribution is 2.49. The van der Waals surface area contributed by atoms with Crippen molar-refractivity contribution in [3.05, 3.63) is 69.5 Å². The van der Waals surface area contributed by atoms with Crippen molar-refractivity contribution in [2.24, 2.45) is 11.7 Å². The Balaban J connectivity index is 1.84. The Morgan fingerprint density at radius 2 is 1.81 bits per heavy atom. The van der Waals surface area contributed by atoms with Gasteiger partial charge in [0.05, 0.1) is 10.6 Å². The lowest BCUT2D eigenvalue weighted by atomic mass is 9.69. The fraction of sp³-hybridized carbons (Fsp3) is 0.458. The van der Waals surface area contributed by atoms with Gasteiger partial charge in [-0.2, -0.15) is 0 Å². The van der Waals surface area contributed by atoms with Crippen LogP contribution in [0.5, 0.6) is 0 Å². The van der Waals surface area contributed by atoms with Crippen LogP contribution in [0.25, 0.3) is 0 Å². The van der Waals surface area contributed by atoms with Crippen LogP contribution < -0.4 is 11.1 Å². The molecule has 4 nitrogen and oxygen atoms in total. The van der Waals surface area contributed by atoms with Crippen LogP contribution in [0.2, 0.25) is 10.0 Å². The molecule has 0 bridgehead atoms. The molecule has 2 aromatic rings. The Hall–Kier alpha value is -1.66. The minimum Gasteiger partial charge on any atom is -0.480 e. The van der Waals surface area contributed by atoms with Crippen molar-refractivity contribution >= 4 is 29.2 Å². The molecule has 2 aromatic carbocycles. The van der Waals surface area contributed by atoms with Gasteiger partial charge in [-0.1, -0.05) is 79.6 Å². The molecule has 1 saturated carbocycles. The number of benzene rings is 2. The van der Waals surface area contributed by atoms with Gasteiger partial charge in [-0.3, -0.25) is 10.1 Å². The summed E-state index contributed by atoms with van der Waals surface area (Å²) in [7, 11) is 0. The molecule has 1 heterocycles. The van der Waals surface area contributed by atoms with E-state index in [4.69, 9.17) is 28.9 Å². The third-order valence-electron chi connectivity index (χ3n) is 7.03. The average molecular weight is 465 g/mol. The summed E-state index contributed by atoms with van der Waals surface area (Å²) >= 11 is 12.2. The van der Waals surface area contributed by atoms with Crippen LogP contribution in [-0.2, 0) is 10.3 Å². The quantitative estimate of drug-likeness (QED) is 0.548. The van der Waals surface area contributed by atoms with Gasteiger partial charge in [0.15, 0.2) is 0 Å². The molecule has 1 aliphatic carbocycles. The number of aliphatic carboxylic acids is 1. The summed E-state index contributed by atoms with van der Waals surface area (Å²) in [5.41, 5.74) is 6.95. The van der Waals surface area contributed by atoms with E-state index in [1.807, 2.05) is 12.1 Å². The first-order chi connectivity index (χ1) is 14.8. The lowest BCUT2D eigenvalue weighted by Gasteiger charge is -2.39. The molecule has 4 N–H and O–H groups in total. The molecule has 4 rings (SSSR count). The standard InChI is InChI=1S/C24H27Cl2FN2O2/c25-16-11-9-15(10-12-16)24(28)19(13-14-5-2-1-3-6-14)29-22(23(30)31)20(24)17-7-4-8-18(26)21(17)27/h4,7-12,14,19-20,22,29H,1-3,5-6,13,28H2,(H,30,31). The van der Waals surface area contributed by atoms with Crippen molar-refractivity contribution in [2.45, 2.75) is 62.1 Å². The van der Waals surface area contributed by atoms with Crippen molar-refractivity contribution in [2.75, 3.05) is 0 Å². The maximum absolute atomic E-state index is 15.2. The molecule has 0 radical (unpaired) electrons. The number of nitrogens with two attached hydrogens (primary N) is 1. The van der Waals surface area contributed by atoms with Gasteiger partial charge in [0.1, 0.15) is 11.9 Å². The summed E-state index contributed by atoms with van der Waals surface area (Å²) in [5.74, 6) is -2.05. The van der Waals surface area contributed by atoms with Crippen LogP contribution in [0.4, 0.5) is 4.39 Å². The summed E-state index contributed by atoms with van der Waals surface area (Å²) in [6.45, 7) is 0. The fourth-order valence-corrected chi connectivity index (χ4v) is 5.80. The number of carbonyl (C=O) groups is 1. The SMILES string of the molecule is NC1(c2ccc(Cl)cc2)C(CC2CCCCC2)NC(C(=O)O)C1c1cccc(Cl)c1F. The number of halogens is 3.